The number of nitrogens with one attached hydrogen (secondary N) is 1. The summed E-state index contributed by atoms with van der Waals surface area (Å²) in [5.41, 5.74) is 0.296. The third-order valence-electron chi connectivity index (χ3n) is 4.40. The van der Waals surface area contributed by atoms with Gasteiger partial charge in [0.05, 0.1) is 6.61 Å². The van der Waals surface area contributed by atoms with E-state index in [2.05, 4.69) is 10.2 Å². The van der Waals surface area contributed by atoms with E-state index in [-0.39, 0.29) is 0 Å². The molecule has 3 fully saturated rings. The van der Waals surface area contributed by atoms with Crippen LogP contribution < -0.4 is 5.32 Å². The van der Waals surface area contributed by atoms with E-state index >= 15 is 0 Å². The summed E-state index contributed by atoms with van der Waals surface area (Å²) in [5, 5.41) is 3.44. The predicted molar refractivity (Wildman–Crippen MR) is 72.8 cm³/mol. The molecule has 3 aliphatic heterocycles. The maximum absolute atomic E-state index is 12.3. The van der Waals surface area contributed by atoms with Gasteiger partial charge in [-0.25, -0.2) is 0 Å². The van der Waals surface area contributed by atoms with E-state index in [4.69, 9.17) is 4.74 Å². The van der Waals surface area contributed by atoms with Crippen molar-refractivity contribution in [1.82, 2.24) is 10.2 Å². The highest BCUT2D eigenvalue weighted by atomic mass is 32.2. The third-order valence-corrected chi connectivity index (χ3v) is 5.53. The third kappa shape index (κ3) is 2.68. The maximum atomic E-state index is 12.3. The zero-order valence-corrected chi connectivity index (χ0v) is 11.6. The minimum Gasteiger partial charge on any atom is -0.381 e. The SMILES string of the molecule is O=C(CC1CSCCN1)N1CCC2(CCOC2)C1. The van der Waals surface area contributed by atoms with E-state index < -0.39 is 0 Å². The lowest BCUT2D eigenvalue weighted by atomic mass is 9.87. The number of ether oxygens (including phenoxy) is 1. The van der Waals surface area contributed by atoms with Crippen molar-refractivity contribution in [3.05, 3.63) is 0 Å². The van der Waals surface area contributed by atoms with Crippen LogP contribution in [0.25, 0.3) is 0 Å². The van der Waals surface area contributed by atoms with Gasteiger partial charge in [-0.05, 0) is 12.8 Å². The highest BCUT2D eigenvalue weighted by molar-refractivity contribution is 7.99. The molecule has 2 atom stereocenters. The number of hydrogen-bond acceptors (Lipinski definition) is 4. The lowest BCUT2D eigenvalue weighted by Gasteiger charge is -2.26. The Balaban J connectivity index is 1.50. The monoisotopic (exact) mass is 270 g/mol. The molecule has 3 saturated heterocycles. The Morgan fingerprint density at radius 1 is 1.50 bits per heavy atom. The van der Waals surface area contributed by atoms with E-state index in [0.29, 0.717) is 23.8 Å². The second kappa shape index (κ2) is 5.39. The van der Waals surface area contributed by atoms with Gasteiger partial charge in [0, 0.05) is 55.6 Å². The number of thioether (sulfide) groups is 1. The second-order valence-corrected chi connectivity index (χ2v) is 6.95. The van der Waals surface area contributed by atoms with Gasteiger partial charge in [0.2, 0.25) is 5.91 Å². The fourth-order valence-corrected chi connectivity index (χ4v) is 4.16. The molecule has 3 rings (SSSR count). The standard InChI is InChI=1S/C13H22N2O2S/c16-12(7-11-8-18-6-3-14-11)15-4-1-13(9-15)2-5-17-10-13/h11,14H,1-10H2. The van der Waals surface area contributed by atoms with Crippen LogP contribution in [-0.4, -0.2) is 61.2 Å². The first kappa shape index (κ1) is 12.8. The van der Waals surface area contributed by atoms with Crippen molar-refractivity contribution in [2.45, 2.75) is 25.3 Å². The van der Waals surface area contributed by atoms with Crippen molar-refractivity contribution in [2.24, 2.45) is 5.41 Å². The molecule has 1 amide bonds. The predicted octanol–water partition coefficient (Wildman–Crippen LogP) is 0.720. The van der Waals surface area contributed by atoms with Crippen LogP contribution >= 0.6 is 11.8 Å². The molecule has 0 bridgehead atoms. The molecule has 0 aromatic heterocycles. The van der Waals surface area contributed by atoms with Crippen molar-refractivity contribution < 1.29 is 9.53 Å². The molecule has 0 aromatic carbocycles. The van der Waals surface area contributed by atoms with Crippen molar-refractivity contribution in [3.8, 4) is 0 Å². The van der Waals surface area contributed by atoms with Gasteiger partial charge in [0.15, 0.2) is 0 Å². The van der Waals surface area contributed by atoms with Gasteiger partial charge in [-0.1, -0.05) is 0 Å². The normalized spacial score (nSPS) is 36.4. The van der Waals surface area contributed by atoms with E-state index in [1.54, 1.807) is 0 Å². The van der Waals surface area contributed by atoms with Crippen molar-refractivity contribution in [3.63, 3.8) is 0 Å². The average Bonchev–Trinajstić information content (AvgIpc) is 3.02. The smallest absolute Gasteiger partial charge is 0.224 e. The first-order chi connectivity index (χ1) is 8.77. The summed E-state index contributed by atoms with van der Waals surface area (Å²) in [5.74, 6) is 2.58. The molecule has 1 N–H and O–H groups in total. The molecule has 4 nitrogen and oxygen atoms in total. The Morgan fingerprint density at radius 2 is 2.44 bits per heavy atom. The lowest BCUT2D eigenvalue weighted by molar-refractivity contribution is -0.131. The van der Waals surface area contributed by atoms with E-state index in [9.17, 15) is 4.79 Å². The highest BCUT2D eigenvalue weighted by Crippen LogP contribution is 2.38. The molecule has 0 aromatic rings. The largest absolute Gasteiger partial charge is 0.381 e. The summed E-state index contributed by atoms with van der Waals surface area (Å²) in [6.07, 6.45) is 2.93. The summed E-state index contributed by atoms with van der Waals surface area (Å²) in [6.45, 7) is 4.63. The number of carbonyl (C=O) groups excluding carboxylic acids is 1. The molecule has 2 unspecified atom stereocenters. The molecule has 18 heavy (non-hydrogen) atoms. The molecule has 5 heteroatoms. The second-order valence-electron chi connectivity index (χ2n) is 5.80. The van der Waals surface area contributed by atoms with E-state index in [1.807, 2.05) is 11.8 Å². The summed E-state index contributed by atoms with van der Waals surface area (Å²) in [4.78, 5) is 14.4. The maximum Gasteiger partial charge on any atom is 0.224 e. The van der Waals surface area contributed by atoms with Crippen LogP contribution in [0.1, 0.15) is 19.3 Å². The number of likely N-dealkylation sites (tertiary alicyclic amines) is 1. The van der Waals surface area contributed by atoms with Gasteiger partial charge in [0.1, 0.15) is 0 Å². The summed E-state index contributed by atoms with van der Waals surface area (Å²) < 4.78 is 5.51. The number of hydrogen-bond donors (Lipinski definition) is 1. The Labute approximate surface area is 113 Å². The number of carbonyl (C=O) groups is 1. The van der Waals surface area contributed by atoms with Crippen LogP contribution in [-0.2, 0) is 9.53 Å². The van der Waals surface area contributed by atoms with Crippen LogP contribution in [0.15, 0.2) is 0 Å². The van der Waals surface area contributed by atoms with Gasteiger partial charge in [-0.3, -0.25) is 4.79 Å². The zero-order valence-electron chi connectivity index (χ0n) is 10.8. The minimum absolute atomic E-state index is 0.296. The minimum atomic E-state index is 0.296. The van der Waals surface area contributed by atoms with Crippen molar-refractivity contribution in [1.29, 1.82) is 0 Å². The van der Waals surface area contributed by atoms with Crippen molar-refractivity contribution in [2.75, 3.05) is 44.4 Å². The van der Waals surface area contributed by atoms with Gasteiger partial charge in [0.25, 0.3) is 0 Å². The fraction of sp³-hybridized carbons (Fsp3) is 0.923. The quantitative estimate of drug-likeness (QED) is 0.803. The average molecular weight is 270 g/mol. The van der Waals surface area contributed by atoms with Crippen molar-refractivity contribution >= 4 is 17.7 Å². The summed E-state index contributed by atoms with van der Waals surface area (Å²) in [6, 6.07) is 0.382. The van der Waals surface area contributed by atoms with E-state index in [1.165, 1.54) is 5.75 Å². The Hall–Kier alpha value is -0.260. The molecule has 3 aliphatic rings. The Morgan fingerprint density at radius 3 is 3.17 bits per heavy atom. The number of rotatable bonds is 2. The number of nitrogens with zero attached hydrogens (tertiary/aromatic N) is 1. The van der Waals surface area contributed by atoms with Gasteiger partial charge < -0.3 is 15.0 Å². The topological polar surface area (TPSA) is 41.6 Å². The first-order valence-corrected chi connectivity index (χ1v) is 8.10. The molecule has 0 radical (unpaired) electrons. The van der Waals surface area contributed by atoms with E-state index in [0.717, 1.165) is 51.4 Å². The molecular formula is C13H22N2O2S. The lowest BCUT2D eigenvalue weighted by Crippen LogP contribution is -2.42. The molecule has 0 saturated carbocycles. The van der Waals surface area contributed by atoms with Crippen LogP contribution in [0, 0.1) is 5.41 Å². The number of amides is 1. The van der Waals surface area contributed by atoms with Gasteiger partial charge in [-0.15, -0.1) is 0 Å². The molecular weight excluding hydrogens is 248 g/mol. The summed E-state index contributed by atoms with van der Waals surface area (Å²) in [7, 11) is 0. The zero-order chi connectivity index (χ0) is 12.4. The summed E-state index contributed by atoms with van der Waals surface area (Å²) >= 11 is 1.95. The van der Waals surface area contributed by atoms with Crippen LogP contribution in [0.5, 0.6) is 0 Å². The first-order valence-electron chi connectivity index (χ1n) is 6.94. The van der Waals surface area contributed by atoms with Gasteiger partial charge in [-0.2, -0.15) is 11.8 Å². The molecule has 0 aliphatic carbocycles. The molecule has 3 heterocycles. The van der Waals surface area contributed by atoms with Crippen LogP contribution in [0.4, 0.5) is 0 Å². The highest BCUT2D eigenvalue weighted by Gasteiger charge is 2.42. The molecule has 1 spiro atoms. The Bertz CT molecular complexity index is 312. The fourth-order valence-electron chi connectivity index (χ4n) is 3.21. The van der Waals surface area contributed by atoms with Crippen LogP contribution in [0.3, 0.4) is 0 Å². The van der Waals surface area contributed by atoms with Crippen LogP contribution in [0.2, 0.25) is 0 Å². The Kier molecular flexibility index (Phi) is 3.82. The van der Waals surface area contributed by atoms with Gasteiger partial charge >= 0.3 is 0 Å². The molecule has 102 valence electrons.